The quantitative estimate of drug-likeness (QED) is 0.714. The molecule has 0 aromatic heterocycles. The molecule has 2 rings (SSSR count). The molecule has 0 unspecified atom stereocenters. The number of hydrogen-bond donors (Lipinski definition) is 1. The van der Waals surface area contributed by atoms with E-state index in [1.165, 1.54) is 0 Å². The average molecular weight is 214 g/mol. The van der Waals surface area contributed by atoms with Crippen molar-refractivity contribution < 1.29 is 13.2 Å². The number of amidine groups is 1. The SMILES string of the molecule is Fc1cc(F)c(F)c(NC2=NCCC2)c1. The number of nitrogens with zero attached hydrogens (tertiary/aromatic N) is 1. The molecule has 1 aromatic rings. The normalized spacial score (nSPS) is 15.3. The van der Waals surface area contributed by atoms with Gasteiger partial charge in [0.1, 0.15) is 11.7 Å². The first-order valence-electron chi connectivity index (χ1n) is 4.62. The fourth-order valence-electron chi connectivity index (χ4n) is 1.44. The summed E-state index contributed by atoms with van der Waals surface area (Å²) in [6, 6.07) is 1.43. The van der Waals surface area contributed by atoms with E-state index in [0.717, 1.165) is 12.5 Å². The minimum Gasteiger partial charge on any atom is -0.342 e. The fraction of sp³-hybridized carbons (Fsp3) is 0.300. The van der Waals surface area contributed by atoms with Crippen LogP contribution in [0.4, 0.5) is 18.9 Å². The van der Waals surface area contributed by atoms with Crippen molar-refractivity contribution in [1.82, 2.24) is 0 Å². The van der Waals surface area contributed by atoms with Gasteiger partial charge in [0.2, 0.25) is 0 Å². The second-order valence-corrected chi connectivity index (χ2v) is 3.31. The van der Waals surface area contributed by atoms with Crippen molar-refractivity contribution in [2.45, 2.75) is 12.8 Å². The van der Waals surface area contributed by atoms with E-state index < -0.39 is 17.5 Å². The molecule has 1 aliphatic rings. The summed E-state index contributed by atoms with van der Waals surface area (Å²) in [5.41, 5.74) is -0.201. The lowest BCUT2D eigenvalue weighted by Gasteiger charge is -2.07. The van der Waals surface area contributed by atoms with Crippen LogP contribution in [-0.4, -0.2) is 12.4 Å². The Bertz CT molecular complexity index is 415. The van der Waals surface area contributed by atoms with Crippen molar-refractivity contribution in [1.29, 1.82) is 0 Å². The lowest BCUT2D eigenvalue weighted by atomic mass is 10.2. The lowest BCUT2D eigenvalue weighted by molar-refractivity contribution is 0.498. The van der Waals surface area contributed by atoms with Gasteiger partial charge in [-0.2, -0.15) is 0 Å². The zero-order valence-corrected chi connectivity index (χ0v) is 7.86. The monoisotopic (exact) mass is 214 g/mol. The van der Waals surface area contributed by atoms with Crippen LogP contribution in [0.5, 0.6) is 0 Å². The zero-order chi connectivity index (χ0) is 10.8. The standard InChI is InChI=1S/C10H9F3N2/c11-6-4-7(12)10(13)8(5-6)15-9-2-1-3-14-9/h4-5H,1-3H2,(H,14,15). The van der Waals surface area contributed by atoms with Crippen LogP contribution >= 0.6 is 0 Å². The molecule has 0 amide bonds. The van der Waals surface area contributed by atoms with Crippen LogP contribution in [0.1, 0.15) is 12.8 Å². The molecule has 1 heterocycles. The van der Waals surface area contributed by atoms with Gasteiger partial charge in [0.05, 0.1) is 5.69 Å². The minimum absolute atomic E-state index is 0.201. The van der Waals surface area contributed by atoms with E-state index in [2.05, 4.69) is 10.3 Å². The van der Waals surface area contributed by atoms with Crippen LogP contribution in [0.15, 0.2) is 17.1 Å². The van der Waals surface area contributed by atoms with Gasteiger partial charge in [-0.3, -0.25) is 4.99 Å². The van der Waals surface area contributed by atoms with Crippen LogP contribution < -0.4 is 5.32 Å². The summed E-state index contributed by atoms with van der Waals surface area (Å²) in [6.45, 7) is 0.668. The highest BCUT2D eigenvalue weighted by molar-refractivity contribution is 5.96. The molecular formula is C10H9F3N2. The molecule has 80 valence electrons. The Hall–Kier alpha value is -1.52. The number of nitrogens with one attached hydrogen (secondary N) is 1. The Morgan fingerprint density at radius 3 is 2.67 bits per heavy atom. The van der Waals surface area contributed by atoms with Gasteiger partial charge in [-0.05, 0) is 6.42 Å². The van der Waals surface area contributed by atoms with E-state index in [1.807, 2.05) is 0 Å². The Morgan fingerprint density at radius 2 is 2.00 bits per heavy atom. The first-order chi connectivity index (χ1) is 7.16. The summed E-state index contributed by atoms with van der Waals surface area (Å²) < 4.78 is 38.8. The van der Waals surface area contributed by atoms with Crippen LogP contribution in [0.25, 0.3) is 0 Å². The van der Waals surface area contributed by atoms with Gasteiger partial charge < -0.3 is 5.32 Å². The molecule has 15 heavy (non-hydrogen) atoms. The number of hydrogen-bond acceptors (Lipinski definition) is 2. The summed E-state index contributed by atoms with van der Waals surface area (Å²) in [4.78, 5) is 4.03. The molecule has 2 nitrogen and oxygen atoms in total. The number of rotatable bonds is 1. The molecule has 0 aliphatic carbocycles. The predicted molar refractivity (Wildman–Crippen MR) is 51.5 cm³/mol. The van der Waals surface area contributed by atoms with E-state index in [4.69, 9.17) is 0 Å². The molecule has 0 saturated heterocycles. The van der Waals surface area contributed by atoms with Crippen LogP contribution in [0, 0.1) is 17.5 Å². The van der Waals surface area contributed by atoms with E-state index in [9.17, 15) is 13.2 Å². The summed E-state index contributed by atoms with van der Waals surface area (Å²) in [6.07, 6.45) is 1.55. The van der Waals surface area contributed by atoms with Crippen molar-refractivity contribution in [2.24, 2.45) is 4.99 Å². The van der Waals surface area contributed by atoms with Gasteiger partial charge >= 0.3 is 0 Å². The van der Waals surface area contributed by atoms with Crippen molar-refractivity contribution >= 4 is 11.5 Å². The molecule has 0 atom stereocenters. The average Bonchev–Trinajstić information content (AvgIpc) is 2.66. The van der Waals surface area contributed by atoms with Crippen LogP contribution in [0.3, 0.4) is 0 Å². The number of aliphatic imine (C=N–C) groups is 1. The number of halogens is 3. The molecule has 0 radical (unpaired) electrons. The molecule has 0 fully saturated rings. The molecule has 0 saturated carbocycles. The minimum atomic E-state index is -1.20. The van der Waals surface area contributed by atoms with Crippen LogP contribution in [-0.2, 0) is 0 Å². The molecule has 0 bridgehead atoms. The van der Waals surface area contributed by atoms with E-state index in [0.29, 0.717) is 24.9 Å². The summed E-state index contributed by atoms with van der Waals surface area (Å²) in [5.74, 6) is -2.52. The largest absolute Gasteiger partial charge is 0.342 e. The second-order valence-electron chi connectivity index (χ2n) is 3.31. The summed E-state index contributed by atoms with van der Waals surface area (Å²) in [7, 11) is 0. The number of benzene rings is 1. The first-order valence-corrected chi connectivity index (χ1v) is 4.62. The molecule has 1 aromatic carbocycles. The van der Waals surface area contributed by atoms with E-state index >= 15 is 0 Å². The van der Waals surface area contributed by atoms with Crippen molar-refractivity contribution in [3.8, 4) is 0 Å². The van der Waals surface area contributed by atoms with Crippen LogP contribution in [0.2, 0.25) is 0 Å². The van der Waals surface area contributed by atoms with Gasteiger partial charge in [0.25, 0.3) is 0 Å². The maximum atomic E-state index is 13.2. The third-order valence-electron chi connectivity index (χ3n) is 2.15. The summed E-state index contributed by atoms with van der Waals surface area (Å²) in [5, 5.41) is 2.59. The Kier molecular flexibility index (Phi) is 2.62. The predicted octanol–water partition coefficient (Wildman–Crippen LogP) is 2.71. The molecule has 1 N–H and O–H groups in total. The van der Waals surface area contributed by atoms with Crippen molar-refractivity contribution in [3.63, 3.8) is 0 Å². The highest BCUT2D eigenvalue weighted by Gasteiger charge is 2.13. The molecule has 1 aliphatic heterocycles. The van der Waals surface area contributed by atoms with Gasteiger partial charge in [0, 0.05) is 25.1 Å². The van der Waals surface area contributed by atoms with Gasteiger partial charge in [-0.1, -0.05) is 0 Å². The number of anilines is 1. The zero-order valence-electron chi connectivity index (χ0n) is 7.86. The second kappa shape index (κ2) is 3.92. The highest BCUT2D eigenvalue weighted by Crippen LogP contribution is 2.20. The van der Waals surface area contributed by atoms with E-state index in [-0.39, 0.29) is 5.69 Å². The lowest BCUT2D eigenvalue weighted by Crippen LogP contribution is -2.10. The topological polar surface area (TPSA) is 24.4 Å². The molecule has 0 spiro atoms. The van der Waals surface area contributed by atoms with Gasteiger partial charge in [-0.25, -0.2) is 13.2 Å². The van der Waals surface area contributed by atoms with Gasteiger partial charge in [0.15, 0.2) is 11.6 Å². The van der Waals surface area contributed by atoms with Gasteiger partial charge in [-0.15, -0.1) is 0 Å². The smallest absolute Gasteiger partial charge is 0.182 e. The molecule has 5 heteroatoms. The third kappa shape index (κ3) is 2.11. The Balaban J connectivity index is 2.27. The maximum Gasteiger partial charge on any atom is 0.182 e. The van der Waals surface area contributed by atoms with Crippen molar-refractivity contribution in [2.75, 3.05) is 11.9 Å². The van der Waals surface area contributed by atoms with E-state index in [1.54, 1.807) is 0 Å². The summed E-state index contributed by atoms with van der Waals surface area (Å²) >= 11 is 0. The maximum absolute atomic E-state index is 13.2. The third-order valence-corrected chi connectivity index (χ3v) is 2.15. The first kappa shape index (κ1) is 10.0. The highest BCUT2D eigenvalue weighted by atomic mass is 19.2. The Labute approximate surface area is 84.8 Å². The molecular weight excluding hydrogens is 205 g/mol. The Morgan fingerprint density at radius 1 is 1.20 bits per heavy atom. The van der Waals surface area contributed by atoms with Crippen molar-refractivity contribution in [3.05, 3.63) is 29.6 Å². The fourth-order valence-corrected chi connectivity index (χ4v) is 1.44.